The Balaban J connectivity index is 1.67. The summed E-state index contributed by atoms with van der Waals surface area (Å²) in [5.41, 5.74) is 1.16. The van der Waals surface area contributed by atoms with E-state index in [0.29, 0.717) is 11.8 Å². The zero-order valence-corrected chi connectivity index (χ0v) is 15.5. The summed E-state index contributed by atoms with van der Waals surface area (Å²) in [5.74, 6) is 0.730. The van der Waals surface area contributed by atoms with Crippen molar-refractivity contribution < 1.29 is 18.8 Å². The van der Waals surface area contributed by atoms with E-state index in [1.807, 2.05) is 57.3 Å². The van der Waals surface area contributed by atoms with Crippen LogP contribution in [0.25, 0.3) is 0 Å². The molecule has 1 aromatic carbocycles. The van der Waals surface area contributed by atoms with Crippen LogP contribution < -0.4 is 10.2 Å². The summed E-state index contributed by atoms with van der Waals surface area (Å²) in [6.07, 6.45) is 0. The topological polar surface area (TPSA) is 49.8 Å². The van der Waals surface area contributed by atoms with Crippen LogP contribution in [0.4, 0.5) is 0 Å². The van der Waals surface area contributed by atoms with Crippen LogP contribution in [0.15, 0.2) is 29.6 Å². The quantitative estimate of drug-likeness (QED) is 0.776. The van der Waals surface area contributed by atoms with Crippen LogP contribution in [0.2, 0.25) is 0 Å². The molecule has 3 rings (SSSR count). The van der Waals surface area contributed by atoms with Gasteiger partial charge in [-0.05, 0) is 45.3 Å². The molecule has 0 saturated carbocycles. The van der Waals surface area contributed by atoms with Gasteiger partial charge in [0.05, 0.1) is 23.5 Å². The summed E-state index contributed by atoms with van der Waals surface area (Å²) in [6, 6.07) is 7.72. The Labute approximate surface area is 147 Å². The molecule has 1 saturated heterocycles. The minimum absolute atomic E-state index is 0.342. The summed E-state index contributed by atoms with van der Waals surface area (Å²) in [6.45, 7) is 8.67. The van der Waals surface area contributed by atoms with E-state index in [4.69, 9.17) is 18.8 Å². The molecule has 0 N–H and O–H groups in total. The number of rotatable bonds is 5. The molecule has 2 heterocycles. The number of ether oxygens (including phenoxy) is 2. The molecule has 24 heavy (non-hydrogen) atoms. The van der Waals surface area contributed by atoms with Crippen molar-refractivity contribution in [2.45, 2.75) is 45.5 Å². The Hall–Kier alpha value is -1.41. The van der Waals surface area contributed by atoms with Crippen LogP contribution in [-0.2, 0) is 20.7 Å². The summed E-state index contributed by atoms with van der Waals surface area (Å²) >= 11 is 1.45. The maximum Gasteiger partial charge on any atom is 0.494 e. The van der Waals surface area contributed by atoms with Crippen molar-refractivity contribution in [1.29, 1.82) is 0 Å². The fourth-order valence-electron chi connectivity index (χ4n) is 2.32. The van der Waals surface area contributed by atoms with Crippen LogP contribution in [-0.4, -0.2) is 30.4 Å². The largest absolute Gasteiger partial charge is 0.494 e. The lowest BCUT2D eigenvalue weighted by Gasteiger charge is -2.32. The van der Waals surface area contributed by atoms with E-state index in [1.54, 1.807) is 7.11 Å². The Kier molecular flexibility index (Phi) is 4.70. The average molecular weight is 347 g/mol. The molecule has 1 aliphatic heterocycles. The number of nitrogens with zero attached hydrogens (tertiary/aromatic N) is 1. The first-order valence-corrected chi connectivity index (χ1v) is 8.75. The summed E-state index contributed by atoms with van der Waals surface area (Å²) < 4.78 is 22.9. The van der Waals surface area contributed by atoms with Crippen LogP contribution in [0.5, 0.6) is 10.9 Å². The van der Waals surface area contributed by atoms with Crippen molar-refractivity contribution >= 4 is 23.9 Å². The second-order valence-electron chi connectivity index (χ2n) is 6.80. The van der Waals surface area contributed by atoms with Gasteiger partial charge >= 0.3 is 7.12 Å². The molecule has 7 heteroatoms. The number of methoxy groups -OCH3 is 1. The number of hydrogen-bond donors (Lipinski definition) is 0. The van der Waals surface area contributed by atoms with Gasteiger partial charge in [-0.15, -0.1) is 0 Å². The number of thiazole rings is 1. The van der Waals surface area contributed by atoms with Gasteiger partial charge in [-0.3, -0.25) is 0 Å². The van der Waals surface area contributed by atoms with Crippen LogP contribution in [0.1, 0.15) is 33.4 Å². The first-order chi connectivity index (χ1) is 11.3. The smallest absolute Gasteiger partial charge is 0.431 e. The Bertz CT molecular complexity index is 683. The average Bonchev–Trinajstić information content (AvgIpc) is 3.02. The summed E-state index contributed by atoms with van der Waals surface area (Å²) in [7, 11) is 1.28. The normalized spacial score (nSPS) is 18.8. The fraction of sp³-hybridized carbons (Fsp3) is 0.471. The molecular formula is C17H22BNO4S. The van der Waals surface area contributed by atoms with Crippen LogP contribution >= 0.6 is 11.3 Å². The van der Waals surface area contributed by atoms with E-state index < -0.39 is 0 Å². The van der Waals surface area contributed by atoms with Gasteiger partial charge in [-0.2, -0.15) is 0 Å². The lowest BCUT2D eigenvalue weighted by atomic mass is 9.79. The third-order valence-corrected chi connectivity index (χ3v) is 5.20. The molecule has 1 aromatic heterocycles. The van der Waals surface area contributed by atoms with Crippen molar-refractivity contribution in [3.8, 4) is 10.9 Å². The van der Waals surface area contributed by atoms with E-state index >= 15 is 0 Å². The van der Waals surface area contributed by atoms with Crippen LogP contribution in [0, 0.1) is 0 Å². The van der Waals surface area contributed by atoms with E-state index in [-0.39, 0.29) is 18.3 Å². The highest BCUT2D eigenvalue weighted by Crippen LogP contribution is 2.36. The lowest BCUT2D eigenvalue weighted by molar-refractivity contribution is 0.00578. The predicted octanol–water partition coefficient (Wildman–Crippen LogP) is 3.38. The second kappa shape index (κ2) is 6.48. The number of hydrogen-bond acceptors (Lipinski definition) is 6. The Morgan fingerprint density at radius 2 is 1.71 bits per heavy atom. The second-order valence-corrected chi connectivity index (χ2v) is 7.62. The lowest BCUT2D eigenvalue weighted by Crippen LogP contribution is -2.41. The number of aromatic nitrogens is 1. The predicted molar refractivity (Wildman–Crippen MR) is 95.1 cm³/mol. The van der Waals surface area contributed by atoms with Gasteiger partial charge in [0.2, 0.25) is 0 Å². The van der Waals surface area contributed by atoms with Gasteiger partial charge < -0.3 is 18.8 Å². The molecule has 1 aliphatic rings. The standard InChI is InChI=1S/C17H22BNO4S/c1-16(2)17(3,4)23-18(22-16)12-6-8-14(9-7-12)21-15-19-13(10-20-5)11-24-15/h6-9,11H,10H2,1-5H3. The first-order valence-electron chi connectivity index (χ1n) is 7.87. The van der Waals surface area contributed by atoms with E-state index in [9.17, 15) is 0 Å². The van der Waals surface area contributed by atoms with Gasteiger partial charge in [0.15, 0.2) is 0 Å². The van der Waals surface area contributed by atoms with Gasteiger partial charge in [0, 0.05) is 12.5 Å². The first kappa shape index (κ1) is 17.4. The van der Waals surface area contributed by atoms with Gasteiger partial charge in [-0.1, -0.05) is 23.5 Å². The molecule has 128 valence electrons. The SMILES string of the molecule is COCc1csc(Oc2ccc(B3OC(C)(C)C(C)(C)O3)cc2)n1. The van der Waals surface area contributed by atoms with Gasteiger partial charge in [0.25, 0.3) is 5.19 Å². The molecule has 0 amide bonds. The molecule has 0 bridgehead atoms. The molecular weight excluding hydrogens is 325 g/mol. The summed E-state index contributed by atoms with van der Waals surface area (Å²) in [4.78, 5) is 4.36. The zero-order valence-electron chi connectivity index (χ0n) is 14.7. The minimum Gasteiger partial charge on any atom is -0.431 e. The third kappa shape index (κ3) is 3.49. The van der Waals surface area contributed by atoms with E-state index in [2.05, 4.69) is 4.98 Å². The van der Waals surface area contributed by atoms with Gasteiger partial charge in [0.1, 0.15) is 5.75 Å². The highest BCUT2D eigenvalue weighted by Gasteiger charge is 2.51. The van der Waals surface area contributed by atoms with Crippen molar-refractivity contribution in [3.63, 3.8) is 0 Å². The number of benzene rings is 1. The molecule has 1 fully saturated rings. The highest BCUT2D eigenvalue weighted by atomic mass is 32.1. The maximum absolute atomic E-state index is 6.05. The van der Waals surface area contributed by atoms with Crippen molar-refractivity contribution in [1.82, 2.24) is 4.98 Å². The molecule has 0 atom stereocenters. The van der Waals surface area contributed by atoms with E-state index in [0.717, 1.165) is 16.9 Å². The van der Waals surface area contributed by atoms with E-state index in [1.165, 1.54) is 11.3 Å². The minimum atomic E-state index is -0.364. The third-order valence-electron chi connectivity index (χ3n) is 4.43. The molecule has 0 unspecified atom stereocenters. The highest BCUT2D eigenvalue weighted by molar-refractivity contribution is 7.11. The maximum atomic E-state index is 6.05. The molecule has 0 aliphatic carbocycles. The summed E-state index contributed by atoms with van der Waals surface area (Å²) in [5, 5.41) is 2.53. The van der Waals surface area contributed by atoms with Crippen molar-refractivity contribution in [2.24, 2.45) is 0 Å². The Morgan fingerprint density at radius 1 is 1.08 bits per heavy atom. The van der Waals surface area contributed by atoms with Crippen LogP contribution in [0.3, 0.4) is 0 Å². The fourth-order valence-corrected chi connectivity index (χ4v) is 2.99. The monoisotopic (exact) mass is 347 g/mol. The van der Waals surface area contributed by atoms with Crippen molar-refractivity contribution in [3.05, 3.63) is 35.3 Å². The van der Waals surface area contributed by atoms with Gasteiger partial charge in [-0.25, -0.2) is 4.98 Å². The zero-order chi connectivity index (χ0) is 17.4. The molecule has 0 spiro atoms. The van der Waals surface area contributed by atoms with Crippen molar-refractivity contribution in [2.75, 3.05) is 7.11 Å². The molecule has 0 radical (unpaired) electrons. The molecule has 5 nitrogen and oxygen atoms in total. The Morgan fingerprint density at radius 3 is 2.29 bits per heavy atom. The molecule has 2 aromatic rings.